The lowest BCUT2D eigenvalue weighted by atomic mass is 10.1. The molecular weight excluding hydrogens is 346 g/mol. The van der Waals surface area contributed by atoms with Crippen LogP contribution in [-0.4, -0.2) is 75.3 Å². The van der Waals surface area contributed by atoms with Crippen molar-refractivity contribution in [2.45, 2.75) is 30.5 Å². The Morgan fingerprint density at radius 2 is 2.08 bits per heavy atom. The van der Waals surface area contributed by atoms with Crippen molar-refractivity contribution in [1.82, 2.24) is 4.98 Å². The summed E-state index contributed by atoms with van der Waals surface area (Å²) in [6.45, 7) is -1.04. The largest absolute Gasteiger partial charge is 0.422 e. The number of H-pyrrole nitrogens is 1. The lowest BCUT2D eigenvalue weighted by molar-refractivity contribution is -0.246. The van der Waals surface area contributed by atoms with Crippen molar-refractivity contribution in [2.75, 3.05) is 19.8 Å². The maximum absolute atomic E-state index is 12.6. The molecule has 0 radical (unpaired) electrons. The van der Waals surface area contributed by atoms with Crippen LogP contribution in [0.1, 0.15) is 6.42 Å². The van der Waals surface area contributed by atoms with Crippen LogP contribution in [-0.2, 0) is 14.3 Å². The molecule has 1 aromatic carbocycles. The molecule has 1 saturated heterocycles. The molecule has 3 rings (SSSR count). The highest BCUT2D eigenvalue weighted by Gasteiger charge is 2.57. The van der Waals surface area contributed by atoms with Crippen molar-refractivity contribution >= 4 is 16.9 Å². The van der Waals surface area contributed by atoms with E-state index in [2.05, 4.69) is 4.98 Å². The SMILES string of the molecule is O=C(Oc1c[nH]c2ccccc12)C1OC(O)(CO)C(O)C1OCCCO. The zero-order valence-corrected chi connectivity index (χ0v) is 13.9. The number of benzene rings is 1. The molecule has 1 aliphatic heterocycles. The molecule has 0 aliphatic carbocycles. The van der Waals surface area contributed by atoms with Crippen LogP contribution in [0.2, 0.25) is 0 Å². The molecule has 5 N–H and O–H groups in total. The number of fused-ring (bicyclic) bond motifs is 1. The van der Waals surface area contributed by atoms with E-state index in [-0.39, 0.29) is 25.4 Å². The maximum Gasteiger partial charge on any atom is 0.343 e. The predicted molar refractivity (Wildman–Crippen MR) is 88.3 cm³/mol. The first kappa shape index (κ1) is 18.8. The molecule has 2 heterocycles. The minimum absolute atomic E-state index is 0.0277. The molecule has 1 aromatic heterocycles. The first-order valence-electron chi connectivity index (χ1n) is 8.19. The summed E-state index contributed by atoms with van der Waals surface area (Å²) in [4.78, 5) is 15.5. The third-order valence-corrected chi connectivity index (χ3v) is 4.24. The van der Waals surface area contributed by atoms with Gasteiger partial charge in [0.1, 0.15) is 12.2 Å². The third kappa shape index (κ3) is 3.45. The fraction of sp³-hybridized carbons (Fsp3) is 0.471. The molecule has 9 nitrogen and oxygen atoms in total. The Morgan fingerprint density at radius 3 is 2.81 bits per heavy atom. The molecule has 0 amide bonds. The second-order valence-electron chi connectivity index (χ2n) is 6.02. The van der Waals surface area contributed by atoms with Crippen molar-refractivity contribution in [3.8, 4) is 5.75 Å². The van der Waals surface area contributed by atoms with E-state index in [1.165, 1.54) is 6.20 Å². The summed E-state index contributed by atoms with van der Waals surface area (Å²) in [6, 6.07) is 7.19. The van der Waals surface area contributed by atoms with Gasteiger partial charge in [0.25, 0.3) is 0 Å². The van der Waals surface area contributed by atoms with Crippen molar-refractivity contribution in [3.63, 3.8) is 0 Å². The van der Waals surface area contributed by atoms with Crippen molar-refractivity contribution in [2.24, 2.45) is 0 Å². The van der Waals surface area contributed by atoms with Crippen LogP contribution in [0.5, 0.6) is 5.75 Å². The topological polar surface area (TPSA) is 141 Å². The Hall–Kier alpha value is -2.01. The van der Waals surface area contributed by atoms with E-state index in [0.717, 1.165) is 5.52 Å². The highest BCUT2D eigenvalue weighted by molar-refractivity contribution is 5.89. The lowest BCUT2D eigenvalue weighted by Gasteiger charge is -2.23. The molecule has 0 bridgehead atoms. The van der Waals surface area contributed by atoms with Crippen LogP contribution in [0.15, 0.2) is 30.5 Å². The van der Waals surface area contributed by atoms with Gasteiger partial charge >= 0.3 is 5.97 Å². The molecule has 1 fully saturated rings. The Kier molecular flexibility index (Phi) is 5.56. The van der Waals surface area contributed by atoms with Crippen molar-refractivity contribution < 1.29 is 39.4 Å². The molecule has 142 valence electrons. The number of aromatic nitrogens is 1. The Balaban J connectivity index is 1.78. The zero-order valence-electron chi connectivity index (χ0n) is 13.9. The van der Waals surface area contributed by atoms with E-state index in [9.17, 15) is 20.1 Å². The molecule has 4 unspecified atom stereocenters. The van der Waals surface area contributed by atoms with Crippen molar-refractivity contribution in [3.05, 3.63) is 30.5 Å². The number of rotatable bonds is 7. The van der Waals surface area contributed by atoms with Gasteiger partial charge in [0.2, 0.25) is 5.79 Å². The van der Waals surface area contributed by atoms with E-state index < -0.39 is 36.7 Å². The normalized spacial score (nSPS) is 28.5. The monoisotopic (exact) mass is 367 g/mol. The molecule has 26 heavy (non-hydrogen) atoms. The summed E-state index contributed by atoms with van der Waals surface area (Å²) in [6.07, 6.45) is -2.59. The van der Waals surface area contributed by atoms with Crippen LogP contribution in [0.25, 0.3) is 10.9 Å². The second kappa shape index (κ2) is 7.70. The fourth-order valence-corrected chi connectivity index (χ4v) is 2.85. The average molecular weight is 367 g/mol. The van der Waals surface area contributed by atoms with Crippen LogP contribution >= 0.6 is 0 Å². The summed E-state index contributed by atoms with van der Waals surface area (Å²) in [5, 5.41) is 39.1. The van der Waals surface area contributed by atoms with Crippen LogP contribution < -0.4 is 4.74 Å². The summed E-state index contributed by atoms with van der Waals surface area (Å²) >= 11 is 0. The molecule has 4 atom stereocenters. The first-order chi connectivity index (χ1) is 12.5. The zero-order chi connectivity index (χ0) is 18.7. The number of aliphatic hydroxyl groups is 4. The summed E-state index contributed by atoms with van der Waals surface area (Å²) in [7, 11) is 0. The van der Waals surface area contributed by atoms with E-state index in [1.807, 2.05) is 12.1 Å². The number of carbonyl (C=O) groups is 1. The molecule has 0 spiro atoms. The number of ether oxygens (including phenoxy) is 3. The van der Waals surface area contributed by atoms with Gasteiger partial charge in [-0.2, -0.15) is 0 Å². The highest BCUT2D eigenvalue weighted by atomic mass is 16.7. The standard InChI is InChI=1S/C17H21NO8/c19-6-3-7-24-13-14(26-17(23,9-20)15(13)21)16(22)25-12-8-18-11-5-2-1-4-10(11)12/h1-2,4-5,8,13-15,18-21,23H,3,6-7,9H2. The highest BCUT2D eigenvalue weighted by Crippen LogP contribution is 2.33. The van der Waals surface area contributed by atoms with Gasteiger partial charge in [-0.1, -0.05) is 12.1 Å². The van der Waals surface area contributed by atoms with E-state index in [4.69, 9.17) is 19.3 Å². The minimum Gasteiger partial charge on any atom is -0.422 e. The number of carbonyl (C=O) groups excluding carboxylic acids is 1. The van der Waals surface area contributed by atoms with Crippen molar-refractivity contribution in [1.29, 1.82) is 0 Å². The van der Waals surface area contributed by atoms with Crippen LogP contribution in [0.4, 0.5) is 0 Å². The Bertz CT molecular complexity index is 762. The fourth-order valence-electron chi connectivity index (χ4n) is 2.85. The average Bonchev–Trinajstić information content (AvgIpc) is 3.16. The van der Waals surface area contributed by atoms with Gasteiger partial charge in [-0.15, -0.1) is 0 Å². The third-order valence-electron chi connectivity index (χ3n) is 4.24. The molecule has 9 heteroatoms. The van der Waals surface area contributed by atoms with Gasteiger partial charge in [0.15, 0.2) is 11.9 Å². The number of hydrogen-bond donors (Lipinski definition) is 5. The van der Waals surface area contributed by atoms with Gasteiger partial charge in [0, 0.05) is 30.3 Å². The summed E-state index contributed by atoms with van der Waals surface area (Å²) < 4.78 is 15.9. The van der Waals surface area contributed by atoms with Crippen LogP contribution in [0.3, 0.4) is 0 Å². The second-order valence-corrected chi connectivity index (χ2v) is 6.02. The quantitative estimate of drug-likeness (QED) is 0.319. The number of hydrogen-bond acceptors (Lipinski definition) is 8. The van der Waals surface area contributed by atoms with Gasteiger partial charge in [-0.25, -0.2) is 4.79 Å². The number of aromatic amines is 1. The Labute approximate surface area is 148 Å². The van der Waals surface area contributed by atoms with E-state index >= 15 is 0 Å². The first-order valence-corrected chi connectivity index (χ1v) is 8.19. The van der Waals surface area contributed by atoms with Gasteiger partial charge in [-0.3, -0.25) is 0 Å². The molecule has 0 saturated carbocycles. The Morgan fingerprint density at radius 1 is 1.31 bits per heavy atom. The number of nitrogens with one attached hydrogen (secondary N) is 1. The maximum atomic E-state index is 12.6. The van der Waals surface area contributed by atoms with Gasteiger partial charge < -0.3 is 39.6 Å². The summed E-state index contributed by atoms with van der Waals surface area (Å²) in [5.41, 5.74) is 0.769. The number of esters is 1. The van der Waals surface area contributed by atoms with Gasteiger partial charge in [0.05, 0.1) is 6.61 Å². The molecule has 1 aliphatic rings. The number of para-hydroxylation sites is 1. The summed E-state index contributed by atoms with van der Waals surface area (Å²) in [5.74, 6) is -2.96. The van der Waals surface area contributed by atoms with E-state index in [0.29, 0.717) is 5.39 Å². The van der Waals surface area contributed by atoms with Gasteiger partial charge in [-0.05, 0) is 18.6 Å². The number of aliphatic hydroxyl groups excluding tert-OH is 3. The molecular formula is C17H21NO8. The lowest BCUT2D eigenvalue weighted by Crippen LogP contribution is -2.47. The minimum atomic E-state index is -2.34. The smallest absolute Gasteiger partial charge is 0.343 e. The molecule has 2 aromatic rings. The van der Waals surface area contributed by atoms with E-state index in [1.54, 1.807) is 12.1 Å². The van der Waals surface area contributed by atoms with Crippen LogP contribution in [0, 0.1) is 0 Å². The predicted octanol–water partition coefficient (Wildman–Crippen LogP) is -0.719.